The number of likely N-dealkylation sites (N-methyl/N-ethyl adjacent to an activating group) is 1. The van der Waals surface area contributed by atoms with Crippen molar-refractivity contribution >= 4 is 33.9 Å². The molecule has 1 N–H and O–H groups in total. The molecule has 0 unspecified atom stereocenters. The third-order valence-corrected chi connectivity index (χ3v) is 4.24. The van der Waals surface area contributed by atoms with Crippen molar-refractivity contribution in [1.82, 2.24) is 19.8 Å². The van der Waals surface area contributed by atoms with Crippen molar-refractivity contribution in [3.63, 3.8) is 0 Å². The lowest BCUT2D eigenvalue weighted by Crippen LogP contribution is -2.48. The van der Waals surface area contributed by atoms with Crippen LogP contribution in [0.1, 0.15) is 27.7 Å². The molecule has 0 aliphatic heterocycles. The average Bonchev–Trinajstić information content (AvgIpc) is 3.00. The third kappa shape index (κ3) is 4.05. The summed E-state index contributed by atoms with van der Waals surface area (Å²) in [6.45, 7) is 7.47. The van der Waals surface area contributed by atoms with Gasteiger partial charge in [-0.25, -0.2) is 4.98 Å². The normalized spacial score (nSPS) is 11.7. The first kappa shape index (κ1) is 19.6. The lowest BCUT2D eigenvalue weighted by molar-refractivity contribution is -0.136. The number of carbonyl (C=O) groups excluding carboxylic acids is 2. The van der Waals surface area contributed by atoms with Crippen molar-refractivity contribution in [2.24, 2.45) is 0 Å². The Labute approximate surface area is 162 Å². The number of furan rings is 1. The number of amides is 2. The molecule has 3 rings (SSSR count). The smallest absolute Gasteiger partial charge is 0.297 e. The monoisotopic (exact) mass is 384 g/mol. The molecule has 0 spiro atoms. The van der Waals surface area contributed by atoms with Crippen LogP contribution in [0.3, 0.4) is 0 Å². The van der Waals surface area contributed by atoms with E-state index in [0.717, 1.165) is 5.39 Å². The Morgan fingerprint density at radius 3 is 2.64 bits per heavy atom. The highest BCUT2D eigenvalue weighted by Gasteiger charge is 2.21. The van der Waals surface area contributed by atoms with Crippen LogP contribution in [0.15, 0.2) is 39.8 Å². The molecule has 0 fully saturated rings. The molecule has 3 aromatic rings. The van der Waals surface area contributed by atoms with Crippen LogP contribution in [0.4, 0.5) is 0 Å². The Bertz CT molecular complexity index is 1090. The molecule has 0 saturated heterocycles. The summed E-state index contributed by atoms with van der Waals surface area (Å²) in [5.74, 6) is -0.591. The zero-order valence-electron chi connectivity index (χ0n) is 16.5. The summed E-state index contributed by atoms with van der Waals surface area (Å²) < 4.78 is 6.83. The first-order valence-electron chi connectivity index (χ1n) is 9.15. The van der Waals surface area contributed by atoms with Crippen molar-refractivity contribution < 1.29 is 14.0 Å². The van der Waals surface area contributed by atoms with Crippen molar-refractivity contribution in [2.45, 2.75) is 39.8 Å². The quantitative estimate of drug-likeness (QED) is 0.725. The van der Waals surface area contributed by atoms with E-state index in [2.05, 4.69) is 10.3 Å². The van der Waals surface area contributed by atoms with Gasteiger partial charge in [-0.05, 0) is 39.8 Å². The zero-order chi connectivity index (χ0) is 20.5. The van der Waals surface area contributed by atoms with Crippen LogP contribution >= 0.6 is 0 Å². The van der Waals surface area contributed by atoms with E-state index < -0.39 is 5.56 Å². The standard InChI is InChI=1S/C20H24N4O4/c1-5-23(10-15(25)22-20(2,3)4)16(26)11-24-12-21-17-13-8-6-7-9-14(13)28-18(17)19(24)27/h6-9,12H,5,10-11H2,1-4H3,(H,22,25). The van der Waals surface area contributed by atoms with Gasteiger partial charge in [-0.2, -0.15) is 0 Å². The average molecular weight is 384 g/mol. The summed E-state index contributed by atoms with van der Waals surface area (Å²) in [7, 11) is 0. The minimum atomic E-state index is -0.426. The van der Waals surface area contributed by atoms with Gasteiger partial charge in [0, 0.05) is 17.5 Å². The Morgan fingerprint density at radius 1 is 1.25 bits per heavy atom. The third-order valence-electron chi connectivity index (χ3n) is 4.24. The highest BCUT2D eigenvalue weighted by molar-refractivity contribution is 6.01. The van der Waals surface area contributed by atoms with Gasteiger partial charge in [0.25, 0.3) is 5.56 Å². The number of benzene rings is 1. The topological polar surface area (TPSA) is 97.4 Å². The molecule has 2 heterocycles. The largest absolute Gasteiger partial charge is 0.448 e. The zero-order valence-corrected chi connectivity index (χ0v) is 16.5. The lowest BCUT2D eigenvalue weighted by Gasteiger charge is -2.25. The van der Waals surface area contributed by atoms with E-state index >= 15 is 0 Å². The first-order chi connectivity index (χ1) is 13.2. The highest BCUT2D eigenvalue weighted by Crippen LogP contribution is 2.23. The van der Waals surface area contributed by atoms with Gasteiger partial charge in [0.2, 0.25) is 17.4 Å². The molecule has 0 aliphatic rings. The molecular formula is C20H24N4O4. The van der Waals surface area contributed by atoms with E-state index in [4.69, 9.17) is 4.42 Å². The second-order valence-corrected chi connectivity index (χ2v) is 7.66. The van der Waals surface area contributed by atoms with Gasteiger partial charge in [0.15, 0.2) is 0 Å². The molecule has 0 radical (unpaired) electrons. The number of hydrogen-bond donors (Lipinski definition) is 1. The second-order valence-electron chi connectivity index (χ2n) is 7.66. The summed E-state index contributed by atoms with van der Waals surface area (Å²) in [4.78, 5) is 43.2. The van der Waals surface area contributed by atoms with Crippen LogP contribution in [0.2, 0.25) is 0 Å². The fraction of sp³-hybridized carbons (Fsp3) is 0.400. The minimum absolute atomic E-state index is 0.0678. The highest BCUT2D eigenvalue weighted by atomic mass is 16.3. The molecule has 148 valence electrons. The summed E-state index contributed by atoms with van der Waals surface area (Å²) in [5, 5.41) is 3.58. The number of fused-ring (bicyclic) bond motifs is 3. The van der Waals surface area contributed by atoms with E-state index in [1.807, 2.05) is 39.0 Å². The van der Waals surface area contributed by atoms with Gasteiger partial charge >= 0.3 is 0 Å². The SMILES string of the molecule is CCN(CC(=O)NC(C)(C)C)C(=O)Cn1cnc2c(oc3ccccc32)c1=O. The Kier molecular flexibility index (Phi) is 5.22. The number of nitrogens with one attached hydrogen (secondary N) is 1. The first-order valence-corrected chi connectivity index (χ1v) is 9.15. The molecule has 0 aliphatic carbocycles. The van der Waals surface area contributed by atoms with Gasteiger partial charge in [-0.1, -0.05) is 12.1 Å². The molecular weight excluding hydrogens is 360 g/mol. The van der Waals surface area contributed by atoms with Crippen LogP contribution < -0.4 is 10.9 Å². The molecule has 8 nitrogen and oxygen atoms in total. The maximum atomic E-state index is 12.7. The fourth-order valence-corrected chi connectivity index (χ4v) is 2.98. The van der Waals surface area contributed by atoms with Crippen molar-refractivity contribution in [2.75, 3.05) is 13.1 Å². The van der Waals surface area contributed by atoms with Crippen LogP contribution in [-0.4, -0.2) is 44.9 Å². The fourth-order valence-electron chi connectivity index (χ4n) is 2.98. The lowest BCUT2D eigenvalue weighted by atomic mass is 10.1. The van der Waals surface area contributed by atoms with Gasteiger partial charge in [-0.3, -0.25) is 19.0 Å². The number of hydrogen-bond acceptors (Lipinski definition) is 5. The van der Waals surface area contributed by atoms with Crippen molar-refractivity contribution in [1.29, 1.82) is 0 Å². The number of nitrogens with zero attached hydrogens (tertiary/aromatic N) is 3. The Hall–Kier alpha value is -3.16. The van der Waals surface area contributed by atoms with Crippen molar-refractivity contribution in [3.8, 4) is 0 Å². The maximum absolute atomic E-state index is 12.7. The van der Waals surface area contributed by atoms with Crippen molar-refractivity contribution in [3.05, 3.63) is 40.9 Å². The molecule has 2 amide bonds. The summed E-state index contributed by atoms with van der Waals surface area (Å²) in [5.41, 5.74) is 0.350. The molecule has 2 aromatic heterocycles. The predicted molar refractivity (Wildman–Crippen MR) is 106 cm³/mol. The molecule has 28 heavy (non-hydrogen) atoms. The van der Waals surface area contributed by atoms with Crippen LogP contribution in [0, 0.1) is 0 Å². The molecule has 1 aromatic carbocycles. The summed E-state index contributed by atoms with van der Waals surface area (Å²) in [6, 6.07) is 7.25. The van der Waals surface area contributed by atoms with E-state index in [-0.39, 0.29) is 36.0 Å². The Morgan fingerprint density at radius 2 is 1.96 bits per heavy atom. The predicted octanol–water partition coefficient (Wildman–Crippen LogP) is 1.91. The van der Waals surface area contributed by atoms with Gasteiger partial charge in [-0.15, -0.1) is 0 Å². The van der Waals surface area contributed by atoms with E-state index in [1.165, 1.54) is 15.8 Å². The molecule has 0 atom stereocenters. The van der Waals surface area contributed by atoms with E-state index in [0.29, 0.717) is 17.6 Å². The summed E-state index contributed by atoms with van der Waals surface area (Å²) in [6.07, 6.45) is 1.34. The summed E-state index contributed by atoms with van der Waals surface area (Å²) >= 11 is 0. The number of rotatable bonds is 5. The molecule has 0 bridgehead atoms. The second kappa shape index (κ2) is 7.46. The van der Waals surface area contributed by atoms with Crippen LogP contribution in [0.5, 0.6) is 0 Å². The van der Waals surface area contributed by atoms with Crippen LogP contribution in [-0.2, 0) is 16.1 Å². The Balaban J connectivity index is 1.82. The number of aromatic nitrogens is 2. The van der Waals surface area contributed by atoms with Gasteiger partial charge < -0.3 is 14.6 Å². The van der Waals surface area contributed by atoms with E-state index in [9.17, 15) is 14.4 Å². The molecule has 8 heteroatoms. The van der Waals surface area contributed by atoms with E-state index in [1.54, 1.807) is 13.0 Å². The van der Waals surface area contributed by atoms with Gasteiger partial charge in [0.1, 0.15) is 17.6 Å². The molecule has 0 saturated carbocycles. The van der Waals surface area contributed by atoms with Gasteiger partial charge in [0.05, 0.1) is 12.9 Å². The number of carbonyl (C=O) groups is 2. The van der Waals surface area contributed by atoms with Crippen LogP contribution in [0.25, 0.3) is 22.1 Å². The minimum Gasteiger partial charge on any atom is -0.448 e. The number of para-hydroxylation sites is 1. The maximum Gasteiger partial charge on any atom is 0.297 e.